The van der Waals surface area contributed by atoms with Gasteiger partial charge in [0.1, 0.15) is 17.3 Å². The predicted molar refractivity (Wildman–Crippen MR) is 149 cm³/mol. The number of aromatic amines is 1. The third-order valence-corrected chi connectivity index (χ3v) is 8.46. The number of ketones is 1. The molecule has 0 bridgehead atoms. The number of ether oxygens (including phenoxy) is 2. The molecule has 1 saturated heterocycles. The number of hydrogen-bond donors (Lipinski definition) is 1. The lowest BCUT2D eigenvalue weighted by Crippen LogP contribution is -2.42. The predicted octanol–water partition coefficient (Wildman–Crippen LogP) is 5.75. The van der Waals surface area contributed by atoms with Gasteiger partial charge in [-0.25, -0.2) is 9.97 Å². The Morgan fingerprint density at radius 1 is 1.03 bits per heavy atom. The van der Waals surface area contributed by atoms with Gasteiger partial charge in [-0.2, -0.15) is 0 Å². The fourth-order valence-corrected chi connectivity index (χ4v) is 6.37. The molecule has 6 rings (SSSR count). The number of methoxy groups -OCH3 is 1. The number of Topliss-reactive ketones (excluding diaryl/α,β-unsaturated/α-hetero) is 1. The topological polar surface area (TPSA) is 80.3 Å². The smallest absolute Gasteiger partial charge is 0.160 e. The Hall–Kier alpha value is -3.45. The molecule has 2 fully saturated rings. The first-order valence-corrected chi connectivity index (χ1v) is 13.9. The second-order valence-corrected chi connectivity index (χ2v) is 10.9. The van der Waals surface area contributed by atoms with Crippen LogP contribution in [-0.4, -0.2) is 59.0 Å². The van der Waals surface area contributed by atoms with E-state index >= 15 is 0 Å². The monoisotopic (exact) mass is 512 g/mol. The van der Waals surface area contributed by atoms with Gasteiger partial charge >= 0.3 is 0 Å². The van der Waals surface area contributed by atoms with Crippen molar-refractivity contribution in [3.8, 4) is 11.5 Å². The summed E-state index contributed by atoms with van der Waals surface area (Å²) < 4.78 is 11.3. The molecular weight excluding hydrogens is 476 g/mol. The quantitative estimate of drug-likeness (QED) is 0.324. The Morgan fingerprint density at radius 3 is 2.63 bits per heavy atom. The zero-order valence-corrected chi connectivity index (χ0v) is 22.1. The van der Waals surface area contributed by atoms with Crippen molar-refractivity contribution in [1.82, 2.24) is 19.9 Å². The van der Waals surface area contributed by atoms with Crippen LogP contribution in [-0.2, 0) is 4.79 Å². The summed E-state index contributed by atoms with van der Waals surface area (Å²) in [5, 5.41) is 2.35. The molecule has 7 nitrogen and oxygen atoms in total. The fraction of sp³-hybridized carbons (Fsp3) is 0.452. The zero-order chi connectivity index (χ0) is 25.9. The lowest BCUT2D eigenvalue weighted by Gasteiger charge is -2.34. The van der Waals surface area contributed by atoms with E-state index < -0.39 is 0 Å². The van der Waals surface area contributed by atoms with E-state index in [1.54, 1.807) is 7.11 Å². The first kappa shape index (κ1) is 24.9. The Kier molecular flexibility index (Phi) is 7.27. The van der Waals surface area contributed by atoms with Gasteiger partial charge in [0.05, 0.1) is 32.0 Å². The van der Waals surface area contributed by atoms with Gasteiger partial charge in [-0.05, 0) is 86.9 Å². The van der Waals surface area contributed by atoms with E-state index in [2.05, 4.69) is 25.9 Å². The van der Waals surface area contributed by atoms with Crippen molar-refractivity contribution < 1.29 is 14.3 Å². The molecule has 4 heterocycles. The van der Waals surface area contributed by atoms with Crippen LogP contribution in [0.3, 0.4) is 0 Å². The summed E-state index contributed by atoms with van der Waals surface area (Å²) in [5.41, 5.74) is 3.15. The van der Waals surface area contributed by atoms with E-state index in [4.69, 9.17) is 9.47 Å². The van der Waals surface area contributed by atoms with Crippen molar-refractivity contribution in [2.24, 2.45) is 11.8 Å². The first-order valence-electron chi connectivity index (χ1n) is 13.9. The minimum atomic E-state index is 0.166. The zero-order valence-electron chi connectivity index (χ0n) is 22.1. The average Bonchev–Trinajstić information content (AvgIpc) is 3.41. The van der Waals surface area contributed by atoms with E-state index in [1.807, 2.05) is 48.9 Å². The van der Waals surface area contributed by atoms with Crippen molar-refractivity contribution in [3.63, 3.8) is 0 Å². The maximum Gasteiger partial charge on any atom is 0.160 e. The third kappa shape index (κ3) is 5.25. The molecule has 198 valence electrons. The van der Waals surface area contributed by atoms with Crippen molar-refractivity contribution in [2.45, 2.75) is 44.4 Å². The molecule has 0 radical (unpaired) electrons. The SMILES string of the molecule is COc1ccc(OCC2CCCN(CC(=O)C3CCC(c4cnc5ncc6[nH]cccc6c45)CC3)C2)cc1. The van der Waals surface area contributed by atoms with Crippen molar-refractivity contribution in [3.05, 3.63) is 60.6 Å². The number of pyridine rings is 2. The van der Waals surface area contributed by atoms with Crippen LogP contribution in [0.15, 0.2) is 55.0 Å². The molecule has 1 aliphatic carbocycles. The third-order valence-electron chi connectivity index (χ3n) is 8.46. The van der Waals surface area contributed by atoms with Gasteiger partial charge in [0.2, 0.25) is 0 Å². The van der Waals surface area contributed by atoms with Crippen molar-refractivity contribution in [1.29, 1.82) is 0 Å². The normalized spacial score (nSPS) is 22.5. The van der Waals surface area contributed by atoms with Crippen molar-refractivity contribution in [2.75, 3.05) is 33.4 Å². The number of carbonyl (C=O) groups excluding carboxylic acids is 1. The number of benzene rings is 1. The van der Waals surface area contributed by atoms with Crippen LogP contribution in [0.25, 0.3) is 21.9 Å². The number of nitrogens with one attached hydrogen (secondary N) is 1. The van der Waals surface area contributed by atoms with Gasteiger partial charge in [-0.1, -0.05) is 6.07 Å². The summed E-state index contributed by atoms with van der Waals surface area (Å²) in [6.45, 7) is 3.19. The van der Waals surface area contributed by atoms with Crippen LogP contribution in [0.2, 0.25) is 0 Å². The number of carbonyl (C=O) groups is 1. The van der Waals surface area contributed by atoms with Crippen LogP contribution in [0.4, 0.5) is 0 Å². The number of rotatable bonds is 8. The second kappa shape index (κ2) is 11.1. The number of H-pyrrole nitrogens is 1. The molecule has 1 aliphatic heterocycles. The van der Waals surface area contributed by atoms with Gasteiger partial charge in [0.25, 0.3) is 0 Å². The lowest BCUT2D eigenvalue weighted by atomic mass is 9.77. The number of aromatic nitrogens is 3. The van der Waals surface area contributed by atoms with Crippen LogP contribution < -0.4 is 9.47 Å². The number of piperidine rings is 1. The Morgan fingerprint density at radius 2 is 1.82 bits per heavy atom. The van der Waals surface area contributed by atoms with Gasteiger partial charge in [-0.15, -0.1) is 0 Å². The molecule has 38 heavy (non-hydrogen) atoms. The molecule has 1 N–H and O–H groups in total. The highest BCUT2D eigenvalue weighted by molar-refractivity contribution is 6.05. The second-order valence-electron chi connectivity index (χ2n) is 10.9. The lowest BCUT2D eigenvalue weighted by molar-refractivity contribution is -0.125. The Labute approximate surface area is 223 Å². The van der Waals surface area contributed by atoms with E-state index in [9.17, 15) is 4.79 Å². The number of nitrogens with zero attached hydrogens (tertiary/aromatic N) is 3. The van der Waals surface area contributed by atoms with E-state index in [1.165, 1.54) is 16.3 Å². The standard InChI is InChI=1S/C31H36N4O3/c1-37-24-10-12-25(13-11-24)38-20-21-4-3-15-35(18-21)19-29(36)23-8-6-22(7-9-23)27-16-33-31-30(27)26-5-2-14-32-28(26)17-34-31/h2,5,10-14,16-17,21-23,32H,3-4,6-9,15,18-20H2,1H3. The average molecular weight is 513 g/mol. The highest BCUT2D eigenvalue weighted by Crippen LogP contribution is 2.40. The molecule has 7 heteroatoms. The van der Waals surface area contributed by atoms with Crippen LogP contribution >= 0.6 is 0 Å². The van der Waals surface area contributed by atoms with Crippen LogP contribution in [0, 0.1) is 11.8 Å². The minimum Gasteiger partial charge on any atom is -0.497 e. The van der Waals surface area contributed by atoms with Gasteiger partial charge in [0.15, 0.2) is 5.65 Å². The maximum absolute atomic E-state index is 13.3. The molecule has 0 spiro atoms. The molecule has 0 amide bonds. The van der Waals surface area contributed by atoms with Crippen LogP contribution in [0.1, 0.15) is 50.0 Å². The van der Waals surface area contributed by atoms with E-state index in [0.29, 0.717) is 30.8 Å². The molecule has 1 aromatic carbocycles. The number of fused-ring (bicyclic) bond motifs is 3. The molecule has 1 unspecified atom stereocenters. The number of likely N-dealkylation sites (tertiary alicyclic amines) is 1. The first-order chi connectivity index (χ1) is 18.7. The van der Waals surface area contributed by atoms with E-state index in [-0.39, 0.29) is 5.92 Å². The molecule has 1 atom stereocenters. The molecule has 1 saturated carbocycles. The molecule has 2 aliphatic rings. The summed E-state index contributed by atoms with van der Waals surface area (Å²) >= 11 is 0. The summed E-state index contributed by atoms with van der Waals surface area (Å²) in [6, 6.07) is 11.9. The summed E-state index contributed by atoms with van der Waals surface area (Å²) in [5.74, 6) is 3.16. The Balaban J connectivity index is 1.02. The summed E-state index contributed by atoms with van der Waals surface area (Å²) in [6.07, 6.45) is 12.0. The summed E-state index contributed by atoms with van der Waals surface area (Å²) in [7, 11) is 1.67. The highest BCUT2D eigenvalue weighted by Gasteiger charge is 2.31. The largest absolute Gasteiger partial charge is 0.497 e. The number of hydrogen-bond acceptors (Lipinski definition) is 6. The fourth-order valence-electron chi connectivity index (χ4n) is 6.37. The maximum atomic E-state index is 13.3. The molecular formula is C31H36N4O3. The van der Waals surface area contributed by atoms with Crippen molar-refractivity contribution >= 4 is 27.7 Å². The Bertz CT molecular complexity index is 1390. The molecule has 4 aromatic rings. The van der Waals surface area contributed by atoms with Gasteiger partial charge < -0.3 is 14.5 Å². The van der Waals surface area contributed by atoms with Crippen LogP contribution in [0.5, 0.6) is 11.5 Å². The van der Waals surface area contributed by atoms with Gasteiger partial charge in [0, 0.05) is 41.5 Å². The highest BCUT2D eigenvalue weighted by atomic mass is 16.5. The van der Waals surface area contributed by atoms with E-state index in [0.717, 1.165) is 74.3 Å². The molecule has 3 aromatic heterocycles. The van der Waals surface area contributed by atoms with Gasteiger partial charge in [-0.3, -0.25) is 9.69 Å². The summed E-state index contributed by atoms with van der Waals surface area (Å²) in [4.78, 5) is 28.1. The minimum absolute atomic E-state index is 0.166.